The van der Waals surface area contributed by atoms with Gasteiger partial charge < -0.3 is 9.84 Å². The molecule has 1 aromatic carbocycles. The van der Waals surface area contributed by atoms with E-state index in [4.69, 9.17) is 9.84 Å². The number of hydrogen-bond acceptors (Lipinski definition) is 4. The fourth-order valence-electron chi connectivity index (χ4n) is 4.03. The van der Waals surface area contributed by atoms with Crippen LogP contribution in [0.4, 0.5) is 8.78 Å². The molecular weight excluding hydrogens is 442 g/mol. The Kier molecular flexibility index (Phi) is 11.3. The second-order valence-corrected chi connectivity index (χ2v) is 8.71. The molecule has 1 saturated carbocycles. The first-order valence-electron chi connectivity index (χ1n) is 11.9. The predicted molar refractivity (Wildman–Crippen MR) is 125 cm³/mol. The van der Waals surface area contributed by atoms with E-state index in [1.54, 1.807) is 6.92 Å². The van der Waals surface area contributed by atoms with E-state index in [-0.39, 0.29) is 31.7 Å². The van der Waals surface area contributed by atoms with Crippen molar-refractivity contribution in [3.05, 3.63) is 60.2 Å². The predicted octanol–water partition coefficient (Wildman–Crippen LogP) is 5.93. The highest BCUT2D eigenvalue weighted by molar-refractivity contribution is 5.95. The summed E-state index contributed by atoms with van der Waals surface area (Å²) >= 11 is 0. The zero-order valence-electron chi connectivity index (χ0n) is 19.6. The molecule has 0 bridgehead atoms. The van der Waals surface area contributed by atoms with Crippen LogP contribution in [-0.4, -0.2) is 34.7 Å². The summed E-state index contributed by atoms with van der Waals surface area (Å²) in [5.41, 5.74) is 0.932. The minimum absolute atomic E-state index is 0.0342. The summed E-state index contributed by atoms with van der Waals surface area (Å²) < 4.78 is 34.3. The fraction of sp³-hybridized carbons (Fsp3) is 0.519. The van der Waals surface area contributed by atoms with Crippen LogP contribution in [0.25, 0.3) is 0 Å². The third-order valence-electron chi connectivity index (χ3n) is 6.01. The number of ketones is 2. The van der Waals surface area contributed by atoms with Crippen LogP contribution in [0, 0.1) is 11.8 Å². The molecule has 1 aromatic rings. The normalized spacial score (nSPS) is 21.0. The molecule has 0 amide bonds. The van der Waals surface area contributed by atoms with E-state index >= 15 is 0 Å². The average molecular weight is 477 g/mol. The number of Topliss-reactive ketones (excluding diaryl/α,β-unsaturated/α-hetero) is 1. The van der Waals surface area contributed by atoms with Gasteiger partial charge in [0.1, 0.15) is 5.78 Å². The number of halogens is 2. The Balaban J connectivity index is 2.09. The molecule has 2 rings (SSSR count). The number of carbonyl (C=O) groups is 3. The summed E-state index contributed by atoms with van der Waals surface area (Å²) in [6.45, 7) is 2.07. The van der Waals surface area contributed by atoms with Gasteiger partial charge >= 0.3 is 11.9 Å². The minimum atomic E-state index is -3.42. The van der Waals surface area contributed by atoms with Crippen LogP contribution in [-0.2, 0) is 25.7 Å². The van der Waals surface area contributed by atoms with E-state index in [2.05, 4.69) is 0 Å². The van der Waals surface area contributed by atoms with Crippen LogP contribution in [0.3, 0.4) is 0 Å². The van der Waals surface area contributed by atoms with Gasteiger partial charge in [-0.25, -0.2) is 0 Å². The van der Waals surface area contributed by atoms with Crippen molar-refractivity contribution in [3.8, 4) is 0 Å². The number of rotatable bonds is 15. The van der Waals surface area contributed by atoms with Gasteiger partial charge in [-0.1, -0.05) is 61.9 Å². The van der Waals surface area contributed by atoms with E-state index in [0.29, 0.717) is 25.7 Å². The lowest BCUT2D eigenvalue weighted by Gasteiger charge is -2.21. The van der Waals surface area contributed by atoms with Gasteiger partial charge in [-0.2, -0.15) is 8.78 Å². The first-order chi connectivity index (χ1) is 16.2. The smallest absolute Gasteiger partial charge is 0.309 e. The fourth-order valence-corrected chi connectivity index (χ4v) is 4.03. The van der Waals surface area contributed by atoms with Gasteiger partial charge in [0.25, 0.3) is 0 Å². The topological polar surface area (TPSA) is 80.7 Å². The lowest BCUT2D eigenvalue weighted by Crippen LogP contribution is -2.28. The Morgan fingerprint density at radius 3 is 2.59 bits per heavy atom. The summed E-state index contributed by atoms with van der Waals surface area (Å²) in [4.78, 5) is 35.5. The summed E-state index contributed by atoms with van der Waals surface area (Å²) in [6, 6.07) is 9.45. The van der Waals surface area contributed by atoms with Crippen LogP contribution in [0.2, 0.25) is 0 Å². The number of allylic oxidation sites excluding steroid dienone is 3. The zero-order valence-corrected chi connectivity index (χ0v) is 19.6. The molecular formula is C27H34F2O5. The molecule has 3 atom stereocenters. The van der Waals surface area contributed by atoms with Crippen molar-refractivity contribution >= 4 is 17.5 Å². The van der Waals surface area contributed by atoms with Gasteiger partial charge in [0.05, 0.1) is 12.7 Å². The van der Waals surface area contributed by atoms with Gasteiger partial charge in [0, 0.05) is 31.1 Å². The number of benzene rings is 1. The van der Waals surface area contributed by atoms with Crippen molar-refractivity contribution in [1.82, 2.24) is 0 Å². The molecule has 5 nitrogen and oxygen atoms in total. The van der Waals surface area contributed by atoms with E-state index < -0.39 is 42.0 Å². The molecule has 7 heteroatoms. The van der Waals surface area contributed by atoms with Crippen molar-refractivity contribution < 1.29 is 33.0 Å². The lowest BCUT2D eigenvalue weighted by molar-refractivity contribution is -0.138. The molecule has 0 unspecified atom stereocenters. The number of carboxylic acid groups (broad SMARTS) is 1. The Morgan fingerprint density at radius 1 is 1.18 bits per heavy atom. The second kappa shape index (κ2) is 13.9. The number of aliphatic carboxylic acids is 1. The summed E-state index contributed by atoms with van der Waals surface area (Å²) in [6.07, 6.45) is 7.50. The maximum absolute atomic E-state index is 14.1. The van der Waals surface area contributed by atoms with E-state index in [1.165, 1.54) is 6.08 Å². The van der Waals surface area contributed by atoms with Crippen molar-refractivity contribution in [2.45, 2.75) is 76.9 Å². The zero-order chi connectivity index (χ0) is 25.0. The van der Waals surface area contributed by atoms with Crippen molar-refractivity contribution in [2.75, 3.05) is 0 Å². The lowest BCUT2D eigenvalue weighted by atomic mass is 9.90. The molecule has 0 aromatic heterocycles. The van der Waals surface area contributed by atoms with Gasteiger partial charge in [0.2, 0.25) is 5.78 Å². The Morgan fingerprint density at radius 2 is 1.91 bits per heavy atom. The van der Waals surface area contributed by atoms with E-state index in [0.717, 1.165) is 11.6 Å². The number of carboxylic acids is 1. The standard InChI is InChI=1S/C27H34F2O5/c1-2-3-17-27(28,29)25(31)16-15-22-21(13-9-4-5-10-14-26(32)33)23(30)18-24(22)34-19-20-11-7-6-8-12-20/h4,6-9,11-12,15-16,21-22,24H,2-3,5,10,13-14,17-19H2,1H3,(H,32,33)/t21-,22-,24-/m1/s1. The highest BCUT2D eigenvalue weighted by Gasteiger charge is 2.42. The van der Waals surface area contributed by atoms with Crippen LogP contribution in [0.1, 0.15) is 63.9 Å². The van der Waals surface area contributed by atoms with Crippen LogP contribution < -0.4 is 0 Å². The van der Waals surface area contributed by atoms with Crippen molar-refractivity contribution in [3.63, 3.8) is 0 Å². The van der Waals surface area contributed by atoms with Gasteiger partial charge in [-0.3, -0.25) is 14.4 Å². The third kappa shape index (κ3) is 8.93. The number of unbranched alkanes of at least 4 members (excludes halogenated alkanes) is 2. The largest absolute Gasteiger partial charge is 0.481 e. The van der Waals surface area contributed by atoms with Crippen molar-refractivity contribution in [2.24, 2.45) is 11.8 Å². The first-order valence-corrected chi connectivity index (χ1v) is 11.9. The number of carbonyl (C=O) groups excluding carboxylic acids is 2. The Hall–Kier alpha value is -2.67. The minimum Gasteiger partial charge on any atom is -0.481 e. The molecule has 0 radical (unpaired) electrons. The highest BCUT2D eigenvalue weighted by Crippen LogP contribution is 2.36. The SMILES string of the molecule is CCCCC(F)(F)C(=O)C=C[C@H]1[C@H](OCc2ccccc2)CC(=O)[C@@H]1CC=CCCCC(=O)O. The van der Waals surface area contributed by atoms with E-state index in [1.807, 2.05) is 42.5 Å². The highest BCUT2D eigenvalue weighted by atomic mass is 19.3. The summed E-state index contributed by atoms with van der Waals surface area (Å²) in [5, 5.41) is 8.71. The molecule has 1 fully saturated rings. The molecule has 0 spiro atoms. The number of alkyl halides is 2. The molecule has 0 heterocycles. The van der Waals surface area contributed by atoms with Crippen LogP contribution in [0.15, 0.2) is 54.6 Å². The second-order valence-electron chi connectivity index (χ2n) is 8.71. The van der Waals surface area contributed by atoms with E-state index in [9.17, 15) is 23.2 Å². The van der Waals surface area contributed by atoms with Crippen LogP contribution in [0.5, 0.6) is 0 Å². The maximum atomic E-state index is 14.1. The summed E-state index contributed by atoms with van der Waals surface area (Å²) in [5.74, 6) is -6.54. The Labute approximate surface area is 199 Å². The molecule has 0 saturated heterocycles. The monoisotopic (exact) mass is 476 g/mol. The first kappa shape index (κ1) is 27.6. The summed E-state index contributed by atoms with van der Waals surface area (Å²) in [7, 11) is 0. The molecule has 1 N–H and O–H groups in total. The molecule has 186 valence electrons. The van der Waals surface area contributed by atoms with Gasteiger partial charge in [-0.05, 0) is 37.3 Å². The molecule has 1 aliphatic carbocycles. The third-order valence-corrected chi connectivity index (χ3v) is 6.01. The molecule has 1 aliphatic rings. The molecule has 34 heavy (non-hydrogen) atoms. The van der Waals surface area contributed by atoms with Crippen LogP contribution >= 0.6 is 0 Å². The van der Waals surface area contributed by atoms with Crippen molar-refractivity contribution in [1.29, 1.82) is 0 Å². The number of ether oxygens (including phenoxy) is 1. The maximum Gasteiger partial charge on any atom is 0.309 e. The quantitative estimate of drug-likeness (QED) is 0.193. The number of hydrogen-bond donors (Lipinski definition) is 1. The Bertz CT molecular complexity index is 863. The van der Waals surface area contributed by atoms with Gasteiger partial charge in [0.15, 0.2) is 0 Å². The molecule has 0 aliphatic heterocycles. The van der Waals surface area contributed by atoms with Gasteiger partial charge in [-0.15, -0.1) is 0 Å². The average Bonchev–Trinajstić information content (AvgIpc) is 3.11.